The Morgan fingerprint density at radius 3 is 2.44 bits per heavy atom. The Labute approximate surface area is 186 Å². The Bertz CT molecular complexity index is 1180. The molecule has 0 aliphatic heterocycles. The molecule has 2 amide bonds. The van der Waals surface area contributed by atoms with Crippen LogP contribution in [0, 0.1) is 0 Å². The number of para-hydroxylation sites is 2. The molecular weight excluding hydrogens is 402 g/mol. The van der Waals surface area contributed by atoms with E-state index in [2.05, 4.69) is 21.7 Å². The highest BCUT2D eigenvalue weighted by molar-refractivity contribution is 5.96. The summed E-state index contributed by atoms with van der Waals surface area (Å²) in [6.45, 7) is 2.06. The summed E-state index contributed by atoms with van der Waals surface area (Å²) in [5.74, 6) is -0.361. The number of nitrogens with one attached hydrogen (secondary N) is 3. The van der Waals surface area contributed by atoms with Gasteiger partial charge in [-0.1, -0.05) is 66.7 Å². The molecule has 32 heavy (non-hydrogen) atoms. The van der Waals surface area contributed by atoms with E-state index in [9.17, 15) is 9.59 Å². The summed E-state index contributed by atoms with van der Waals surface area (Å²) in [6.07, 6.45) is 0.0505. The first-order valence-electron chi connectivity index (χ1n) is 10.6. The molecule has 3 aromatic carbocycles. The molecule has 0 aliphatic carbocycles. The Morgan fingerprint density at radius 1 is 0.938 bits per heavy atom. The van der Waals surface area contributed by atoms with E-state index in [-0.39, 0.29) is 12.4 Å². The third kappa shape index (κ3) is 4.98. The van der Waals surface area contributed by atoms with Gasteiger partial charge in [0.15, 0.2) is 0 Å². The van der Waals surface area contributed by atoms with Gasteiger partial charge < -0.3 is 20.4 Å². The molecule has 1 aromatic heterocycles. The molecule has 0 fully saturated rings. The van der Waals surface area contributed by atoms with Crippen LogP contribution in [0.3, 0.4) is 0 Å². The maximum absolute atomic E-state index is 12.9. The van der Waals surface area contributed by atoms with E-state index in [1.54, 1.807) is 6.92 Å². The largest absolute Gasteiger partial charge is 0.466 e. The van der Waals surface area contributed by atoms with Crippen LogP contribution in [0.2, 0.25) is 0 Å². The van der Waals surface area contributed by atoms with E-state index in [0.717, 1.165) is 27.7 Å². The highest BCUT2D eigenvalue weighted by Crippen LogP contribution is 2.30. The summed E-state index contributed by atoms with van der Waals surface area (Å²) in [4.78, 5) is 28.4. The van der Waals surface area contributed by atoms with Gasteiger partial charge in [0.1, 0.15) is 0 Å². The minimum Gasteiger partial charge on any atom is -0.466 e. The summed E-state index contributed by atoms with van der Waals surface area (Å²) >= 11 is 0. The van der Waals surface area contributed by atoms with Crippen LogP contribution < -0.4 is 10.6 Å². The normalized spacial score (nSPS) is 11.7. The molecule has 162 valence electrons. The smallest absolute Gasteiger partial charge is 0.319 e. The van der Waals surface area contributed by atoms with Crippen molar-refractivity contribution in [3.8, 4) is 11.3 Å². The van der Waals surface area contributed by atoms with Crippen molar-refractivity contribution in [1.29, 1.82) is 0 Å². The number of urea groups is 1. The van der Waals surface area contributed by atoms with Crippen molar-refractivity contribution < 1.29 is 14.3 Å². The van der Waals surface area contributed by atoms with Crippen LogP contribution in [0.15, 0.2) is 84.9 Å². The molecule has 0 saturated carbocycles. The van der Waals surface area contributed by atoms with Gasteiger partial charge in [-0.15, -0.1) is 0 Å². The summed E-state index contributed by atoms with van der Waals surface area (Å²) < 4.78 is 5.08. The fourth-order valence-corrected chi connectivity index (χ4v) is 3.69. The second-order valence-corrected chi connectivity index (χ2v) is 7.39. The first-order valence-corrected chi connectivity index (χ1v) is 10.6. The van der Waals surface area contributed by atoms with Crippen molar-refractivity contribution in [3.05, 3.63) is 90.5 Å². The molecule has 1 atom stereocenters. The number of carbonyl (C=O) groups excluding carboxylic acids is 2. The zero-order chi connectivity index (χ0) is 22.3. The van der Waals surface area contributed by atoms with Gasteiger partial charge in [-0.3, -0.25) is 4.79 Å². The number of amides is 2. The summed E-state index contributed by atoms with van der Waals surface area (Å²) in [5, 5.41) is 6.95. The van der Waals surface area contributed by atoms with E-state index in [1.165, 1.54) is 0 Å². The summed E-state index contributed by atoms with van der Waals surface area (Å²) in [7, 11) is 0. The van der Waals surface area contributed by atoms with Crippen molar-refractivity contribution in [1.82, 2.24) is 10.3 Å². The lowest BCUT2D eigenvalue weighted by atomic mass is 10.0. The number of fused-ring (bicyclic) bond motifs is 1. The Kier molecular flexibility index (Phi) is 6.51. The van der Waals surface area contributed by atoms with Crippen molar-refractivity contribution in [3.63, 3.8) is 0 Å². The number of carbonyl (C=O) groups is 2. The topological polar surface area (TPSA) is 83.2 Å². The highest BCUT2D eigenvalue weighted by atomic mass is 16.5. The van der Waals surface area contributed by atoms with Gasteiger partial charge >= 0.3 is 12.0 Å². The molecule has 0 spiro atoms. The number of hydrogen-bond donors (Lipinski definition) is 3. The number of aromatic amines is 1. The molecular formula is C26H25N3O3. The van der Waals surface area contributed by atoms with Crippen LogP contribution in [0.25, 0.3) is 22.2 Å². The van der Waals surface area contributed by atoms with Crippen LogP contribution in [-0.2, 0) is 9.53 Å². The Morgan fingerprint density at radius 2 is 1.66 bits per heavy atom. The van der Waals surface area contributed by atoms with Crippen molar-refractivity contribution >= 4 is 28.6 Å². The quantitative estimate of drug-likeness (QED) is 0.333. The molecule has 4 rings (SSSR count). The first kappa shape index (κ1) is 21.2. The van der Waals surface area contributed by atoms with Crippen molar-refractivity contribution in [2.75, 3.05) is 11.9 Å². The predicted octanol–water partition coefficient (Wildman–Crippen LogP) is 5.65. The fourth-order valence-electron chi connectivity index (χ4n) is 3.69. The van der Waals surface area contributed by atoms with Crippen LogP contribution >= 0.6 is 0 Å². The lowest BCUT2D eigenvalue weighted by Crippen LogP contribution is -2.34. The monoisotopic (exact) mass is 427 g/mol. The third-order valence-electron chi connectivity index (χ3n) is 5.18. The summed E-state index contributed by atoms with van der Waals surface area (Å²) in [6, 6.07) is 26.2. The van der Waals surface area contributed by atoms with E-state index in [1.807, 2.05) is 78.9 Å². The predicted molar refractivity (Wildman–Crippen MR) is 126 cm³/mol. The Hall–Kier alpha value is -4.06. The standard InChI is InChI=1S/C26H25N3O3/c1-2-32-25(30)17-23(18-10-4-3-5-11-18)29-26(31)28-22-15-9-7-13-20(22)24-16-19-12-6-8-14-21(19)27-24/h3-16,23,27H,2,17H2,1H3,(H2,28,29,31)/t23-/m1/s1. The maximum Gasteiger partial charge on any atom is 0.319 e. The molecule has 0 unspecified atom stereocenters. The van der Waals surface area contributed by atoms with Gasteiger partial charge in [0, 0.05) is 22.2 Å². The zero-order valence-corrected chi connectivity index (χ0v) is 17.8. The van der Waals surface area contributed by atoms with E-state index >= 15 is 0 Å². The lowest BCUT2D eigenvalue weighted by Gasteiger charge is -2.19. The molecule has 6 nitrogen and oxygen atoms in total. The zero-order valence-electron chi connectivity index (χ0n) is 17.8. The van der Waals surface area contributed by atoms with Crippen LogP contribution in [0.1, 0.15) is 24.9 Å². The number of anilines is 1. The van der Waals surface area contributed by atoms with Gasteiger partial charge in [-0.2, -0.15) is 0 Å². The highest BCUT2D eigenvalue weighted by Gasteiger charge is 2.20. The van der Waals surface area contributed by atoms with Crippen LogP contribution in [-0.4, -0.2) is 23.6 Å². The molecule has 0 saturated heterocycles. The fraction of sp³-hybridized carbons (Fsp3) is 0.154. The summed E-state index contributed by atoms with van der Waals surface area (Å²) in [5.41, 5.74) is 4.31. The number of ether oxygens (including phenoxy) is 1. The van der Waals surface area contributed by atoms with Crippen LogP contribution in [0.5, 0.6) is 0 Å². The number of hydrogen-bond acceptors (Lipinski definition) is 3. The van der Waals surface area contributed by atoms with E-state index in [0.29, 0.717) is 12.3 Å². The lowest BCUT2D eigenvalue weighted by molar-refractivity contribution is -0.143. The molecule has 0 aliphatic rings. The van der Waals surface area contributed by atoms with E-state index < -0.39 is 12.1 Å². The van der Waals surface area contributed by atoms with Crippen LogP contribution in [0.4, 0.5) is 10.5 Å². The van der Waals surface area contributed by atoms with Gasteiger partial charge in [0.05, 0.1) is 24.8 Å². The second-order valence-electron chi connectivity index (χ2n) is 7.39. The second kappa shape index (κ2) is 9.83. The average Bonchev–Trinajstić information content (AvgIpc) is 3.24. The molecule has 1 heterocycles. The van der Waals surface area contributed by atoms with Gasteiger partial charge in [-0.05, 0) is 30.7 Å². The number of benzene rings is 3. The number of rotatable bonds is 7. The van der Waals surface area contributed by atoms with Gasteiger partial charge in [0.25, 0.3) is 0 Å². The molecule has 3 N–H and O–H groups in total. The molecule has 0 radical (unpaired) electrons. The minimum atomic E-state index is -0.504. The maximum atomic E-state index is 12.9. The molecule has 4 aromatic rings. The van der Waals surface area contributed by atoms with Gasteiger partial charge in [0.2, 0.25) is 0 Å². The average molecular weight is 428 g/mol. The van der Waals surface area contributed by atoms with Gasteiger partial charge in [-0.25, -0.2) is 4.79 Å². The Balaban J connectivity index is 1.54. The van der Waals surface area contributed by atoms with E-state index in [4.69, 9.17) is 4.74 Å². The molecule has 6 heteroatoms. The number of aromatic nitrogens is 1. The number of H-pyrrole nitrogens is 1. The van der Waals surface area contributed by atoms with Crippen molar-refractivity contribution in [2.45, 2.75) is 19.4 Å². The third-order valence-corrected chi connectivity index (χ3v) is 5.18. The molecule has 0 bridgehead atoms. The van der Waals surface area contributed by atoms with Crippen molar-refractivity contribution in [2.24, 2.45) is 0 Å². The SMILES string of the molecule is CCOC(=O)C[C@@H](NC(=O)Nc1ccccc1-c1cc2ccccc2[nH]1)c1ccccc1. The first-order chi connectivity index (χ1) is 15.6. The number of esters is 1. The minimum absolute atomic E-state index is 0.0505.